The predicted octanol–water partition coefficient (Wildman–Crippen LogP) is 2.40. The summed E-state index contributed by atoms with van der Waals surface area (Å²) < 4.78 is 13.2. The number of methoxy groups -OCH3 is 1. The van der Waals surface area contributed by atoms with Crippen LogP contribution in [-0.2, 0) is 20.7 Å². The molecule has 1 aromatic rings. The molecule has 6 nitrogen and oxygen atoms in total. The van der Waals surface area contributed by atoms with Crippen LogP contribution >= 0.6 is 0 Å². The van der Waals surface area contributed by atoms with Gasteiger partial charge in [0.25, 0.3) is 5.91 Å². The van der Waals surface area contributed by atoms with Crippen LogP contribution in [0, 0.1) is 5.92 Å². The summed E-state index contributed by atoms with van der Waals surface area (Å²) in [6.45, 7) is 5.22. The first-order valence-corrected chi connectivity index (χ1v) is 9.02. The third kappa shape index (κ3) is 3.98. The van der Waals surface area contributed by atoms with Gasteiger partial charge in [0.2, 0.25) is 0 Å². The maximum atomic E-state index is 12.5. The zero-order chi connectivity index (χ0) is 17.1. The molecule has 2 aliphatic rings. The van der Waals surface area contributed by atoms with E-state index in [-0.39, 0.29) is 12.0 Å². The summed E-state index contributed by atoms with van der Waals surface area (Å²) in [5, 5.41) is 0. The van der Waals surface area contributed by atoms with E-state index in [0.717, 1.165) is 11.6 Å². The van der Waals surface area contributed by atoms with E-state index in [2.05, 4.69) is 22.7 Å². The lowest BCUT2D eigenvalue weighted by Crippen LogP contribution is -2.52. The predicted molar refractivity (Wildman–Crippen MR) is 90.5 cm³/mol. The second-order valence-corrected chi connectivity index (χ2v) is 7.34. The van der Waals surface area contributed by atoms with Gasteiger partial charge in [0, 0.05) is 32.3 Å². The smallest absolute Gasteiger partial charge is 0.254 e. The molecule has 1 unspecified atom stereocenters. The molecule has 3 rings (SSSR count). The van der Waals surface area contributed by atoms with Crippen molar-refractivity contribution in [1.29, 1.82) is 0 Å². The van der Waals surface area contributed by atoms with Crippen LogP contribution in [0.25, 0.3) is 0 Å². The highest BCUT2D eigenvalue weighted by atomic mass is 16.5. The highest BCUT2D eigenvalue weighted by Gasteiger charge is 2.33. The topological polar surface area (TPSA) is 56.6 Å². The Bertz CT molecular complexity index is 551. The van der Waals surface area contributed by atoms with E-state index >= 15 is 0 Å². The molecule has 2 heterocycles. The summed E-state index contributed by atoms with van der Waals surface area (Å²) in [5.74, 6) is 0.835. The first-order valence-electron chi connectivity index (χ1n) is 9.02. The summed E-state index contributed by atoms with van der Waals surface area (Å²) in [6, 6.07) is 0.550. The van der Waals surface area contributed by atoms with E-state index in [9.17, 15) is 4.79 Å². The Morgan fingerprint density at radius 3 is 2.75 bits per heavy atom. The van der Waals surface area contributed by atoms with Crippen LogP contribution in [0.3, 0.4) is 0 Å². The molecular weight excluding hydrogens is 306 g/mol. The first kappa shape index (κ1) is 17.4. The summed E-state index contributed by atoms with van der Waals surface area (Å²) in [6.07, 6.45) is 9.10. The number of rotatable bonds is 5. The average molecular weight is 335 g/mol. The second kappa shape index (κ2) is 7.66. The minimum atomic E-state index is -0.460. The summed E-state index contributed by atoms with van der Waals surface area (Å²) in [4.78, 5) is 18.7. The first-order chi connectivity index (χ1) is 11.6. The van der Waals surface area contributed by atoms with Gasteiger partial charge in [-0.3, -0.25) is 4.79 Å². The Kier molecular flexibility index (Phi) is 5.56. The lowest BCUT2D eigenvalue weighted by atomic mass is 9.87. The maximum Gasteiger partial charge on any atom is 0.254 e. The van der Waals surface area contributed by atoms with E-state index in [0.29, 0.717) is 25.7 Å². The van der Waals surface area contributed by atoms with E-state index < -0.39 is 6.10 Å². The Balaban J connectivity index is 1.62. The molecule has 1 aromatic heterocycles. The number of morpholine rings is 1. The molecule has 0 aromatic carbocycles. The van der Waals surface area contributed by atoms with Crippen molar-refractivity contribution >= 4 is 5.91 Å². The lowest BCUT2D eigenvalue weighted by molar-refractivity contribution is -0.167. The molecule has 1 amide bonds. The van der Waals surface area contributed by atoms with Gasteiger partial charge in [0.05, 0.1) is 18.1 Å². The van der Waals surface area contributed by atoms with E-state index in [4.69, 9.17) is 9.47 Å². The van der Waals surface area contributed by atoms with E-state index in [1.165, 1.54) is 25.7 Å². The normalized spacial score (nSPS) is 31.5. The van der Waals surface area contributed by atoms with Crippen molar-refractivity contribution < 1.29 is 14.3 Å². The monoisotopic (exact) mass is 335 g/mol. The summed E-state index contributed by atoms with van der Waals surface area (Å²) in [7, 11) is 1.61. The Morgan fingerprint density at radius 2 is 2.04 bits per heavy atom. The van der Waals surface area contributed by atoms with Crippen LogP contribution in [0.15, 0.2) is 12.5 Å². The molecule has 0 spiro atoms. The quantitative estimate of drug-likeness (QED) is 0.829. The van der Waals surface area contributed by atoms with E-state index in [1.807, 2.05) is 13.3 Å². The van der Waals surface area contributed by atoms with Crippen LogP contribution in [-0.4, -0.2) is 53.0 Å². The zero-order valence-electron chi connectivity index (χ0n) is 15.0. The van der Waals surface area contributed by atoms with Gasteiger partial charge in [-0.25, -0.2) is 4.98 Å². The minimum absolute atomic E-state index is 0.00371. The van der Waals surface area contributed by atoms with Crippen molar-refractivity contribution in [3.8, 4) is 0 Å². The van der Waals surface area contributed by atoms with Gasteiger partial charge in [-0.05, 0) is 38.5 Å². The molecule has 1 aliphatic carbocycles. The lowest BCUT2D eigenvalue weighted by Gasteiger charge is -2.35. The van der Waals surface area contributed by atoms with Crippen LogP contribution in [0.5, 0.6) is 0 Å². The standard InChI is InChI=1S/C18H29N3O3/c1-13-4-6-16(7-5-13)20-10-15(19-11-20)8-17-18(22)21(12-23-3)9-14(2)24-17/h10-11,13-14,16-17H,4-9,12H2,1-3H3/t13?,14-,16?,17?/m1/s1. The molecule has 134 valence electrons. The highest BCUT2D eigenvalue weighted by Crippen LogP contribution is 2.31. The zero-order valence-corrected chi connectivity index (χ0v) is 15.0. The Morgan fingerprint density at radius 1 is 1.29 bits per heavy atom. The van der Waals surface area contributed by atoms with Gasteiger partial charge in [0.15, 0.2) is 0 Å². The fourth-order valence-corrected chi connectivity index (χ4v) is 3.81. The molecule has 0 N–H and O–H groups in total. The molecular formula is C18H29N3O3. The number of ether oxygens (including phenoxy) is 2. The van der Waals surface area contributed by atoms with Crippen molar-refractivity contribution in [1.82, 2.24) is 14.5 Å². The van der Waals surface area contributed by atoms with Gasteiger partial charge in [0.1, 0.15) is 12.8 Å². The average Bonchev–Trinajstić information content (AvgIpc) is 3.01. The molecule has 1 aliphatic heterocycles. The van der Waals surface area contributed by atoms with Crippen molar-refractivity contribution in [3.05, 3.63) is 18.2 Å². The van der Waals surface area contributed by atoms with Crippen molar-refractivity contribution in [2.45, 2.75) is 64.2 Å². The van der Waals surface area contributed by atoms with Gasteiger partial charge in [-0.1, -0.05) is 6.92 Å². The van der Waals surface area contributed by atoms with E-state index in [1.54, 1.807) is 12.0 Å². The van der Waals surface area contributed by atoms with Crippen molar-refractivity contribution in [2.24, 2.45) is 5.92 Å². The minimum Gasteiger partial charge on any atom is -0.364 e. The molecule has 2 fully saturated rings. The number of amides is 1. The summed E-state index contributed by atoms with van der Waals surface area (Å²) >= 11 is 0. The fraction of sp³-hybridized carbons (Fsp3) is 0.778. The summed E-state index contributed by atoms with van der Waals surface area (Å²) in [5.41, 5.74) is 0.929. The number of carbonyl (C=O) groups is 1. The number of hydrogen-bond acceptors (Lipinski definition) is 4. The molecule has 1 saturated heterocycles. The van der Waals surface area contributed by atoms with Crippen LogP contribution in [0.1, 0.15) is 51.3 Å². The molecule has 2 atom stereocenters. The Hall–Kier alpha value is -1.40. The molecule has 6 heteroatoms. The van der Waals surface area contributed by atoms with Gasteiger partial charge >= 0.3 is 0 Å². The number of carbonyl (C=O) groups excluding carboxylic acids is 1. The third-order valence-electron chi connectivity index (χ3n) is 5.20. The Labute approximate surface area is 144 Å². The SMILES string of the molecule is COCN1C[C@@H](C)OC(Cc2cn(C3CCC(C)CC3)cn2)C1=O. The largest absolute Gasteiger partial charge is 0.364 e. The number of imidazole rings is 1. The second-order valence-electron chi connectivity index (χ2n) is 7.34. The number of aromatic nitrogens is 2. The number of hydrogen-bond donors (Lipinski definition) is 0. The molecule has 1 saturated carbocycles. The van der Waals surface area contributed by atoms with Gasteiger partial charge in [-0.2, -0.15) is 0 Å². The molecule has 24 heavy (non-hydrogen) atoms. The fourth-order valence-electron chi connectivity index (χ4n) is 3.81. The van der Waals surface area contributed by atoms with Crippen LogP contribution < -0.4 is 0 Å². The van der Waals surface area contributed by atoms with Crippen molar-refractivity contribution in [3.63, 3.8) is 0 Å². The highest BCUT2D eigenvalue weighted by molar-refractivity contribution is 5.81. The van der Waals surface area contributed by atoms with Gasteiger partial charge < -0.3 is 18.9 Å². The van der Waals surface area contributed by atoms with Crippen molar-refractivity contribution in [2.75, 3.05) is 20.4 Å². The molecule has 0 bridgehead atoms. The number of nitrogens with zero attached hydrogens (tertiary/aromatic N) is 3. The van der Waals surface area contributed by atoms with Crippen LogP contribution in [0.4, 0.5) is 0 Å². The maximum absolute atomic E-state index is 12.5. The van der Waals surface area contributed by atoms with Crippen LogP contribution in [0.2, 0.25) is 0 Å². The van der Waals surface area contributed by atoms with Gasteiger partial charge in [-0.15, -0.1) is 0 Å². The molecule has 0 radical (unpaired) electrons. The third-order valence-corrected chi connectivity index (χ3v) is 5.20.